The number of carbonyl (C=O) groups excluding carboxylic acids is 3. The Morgan fingerprint density at radius 3 is 2.24 bits per heavy atom. The van der Waals surface area contributed by atoms with Crippen LogP contribution in [-0.4, -0.2) is 91.5 Å². The zero-order valence-electron chi connectivity index (χ0n) is 24.4. The molecule has 3 rings (SSSR count). The lowest BCUT2D eigenvalue weighted by molar-refractivity contribution is -0.142. The third-order valence-electron chi connectivity index (χ3n) is 6.91. The van der Waals surface area contributed by atoms with Gasteiger partial charge in [-0.05, 0) is 30.9 Å². The summed E-state index contributed by atoms with van der Waals surface area (Å²) >= 11 is 0. The van der Waals surface area contributed by atoms with Crippen LogP contribution in [0.5, 0.6) is 0 Å². The third kappa shape index (κ3) is 10.6. The van der Waals surface area contributed by atoms with Gasteiger partial charge in [-0.15, -0.1) is 0 Å². The molecule has 0 fully saturated rings. The van der Waals surface area contributed by atoms with Crippen molar-refractivity contribution in [2.45, 2.75) is 62.7 Å². The lowest BCUT2D eigenvalue weighted by atomic mass is 10.0. The Hall–Kier alpha value is -5.45. The predicted molar refractivity (Wildman–Crippen MR) is 162 cm³/mol. The molecule has 4 unspecified atom stereocenters. The van der Waals surface area contributed by atoms with Gasteiger partial charge in [-0.1, -0.05) is 18.2 Å². The quantitative estimate of drug-likeness (QED) is 0.0438. The molecule has 0 spiro atoms. The number of carboxylic acid groups (broad SMARTS) is 2. The molecule has 2 aromatic heterocycles. The van der Waals surface area contributed by atoms with E-state index in [1.165, 1.54) is 12.5 Å². The fraction of sp³-hybridized carbons (Fsp3) is 0.393. The summed E-state index contributed by atoms with van der Waals surface area (Å²) in [6.45, 7) is 0.131. The molecule has 17 nitrogen and oxygen atoms in total. The molecule has 242 valence electrons. The highest BCUT2D eigenvalue weighted by atomic mass is 16.4. The van der Waals surface area contributed by atoms with Crippen LogP contribution in [0.3, 0.4) is 0 Å². The van der Waals surface area contributed by atoms with Gasteiger partial charge in [-0.2, -0.15) is 0 Å². The van der Waals surface area contributed by atoms with Gasteiger partial charge in [0.2, 0.25) is 17.7 Å². The van der Waals surface area contributed by atoms with Gasteiger partial charge in [0.25, 0.3) is 0 Å². The standard InChI is InChI=1S/C28H38N10O7/c29-18(7-8-23(39)40)24(41)37-21(10-15-12-34-19-5-2-1-4-17(15)19)26(43)36-20(6-3-9-33-28(30)31)25(42)38-22(27(44)45)11-16-13-32-14-35-16/h1-2,4-5,12-14,18,20-22,34H,3,6-11,29H2,(H,32,35)(H,36,43)(H,37,41)(H,38,42)(H,39,40)(H,44,45)(H4,30,31,33). The zero-order chi connectivity index (χ0) is 32.9. The van der Waals surface area contributed by atoms with Crippen molar-refractivity contribution < 1.29 is 34.2 Å². The monoisotopic (exact) mass is 626 g/mol. The molecule has 3 aromatic rings. The highest BCUT2D eigenvalue weighted by Gasteiger charge is 2.31. The summed E-state index contributed by atoms with van der Waals surface area (Å²) in [5.41, 5.74) is 18.6. The van der Waals surface area contributed by atoms with Crippen LogP contribution >= 0.6 is 0 Å². The number of hydrogen-bond acceptors (Lipinski definition) is 8. The molecule has 4 atom stereocenters. The molecule has 0 bridgehead atoms. The topological polar surface area (TPSA) is 297 Å². The van der Waals surface area contributed by atoms with Gasteiger partial charge in [0.05, 0.1) is 12.4 Å². The van der Waals surface area contributed by atoms with E-state index in [0.29, 0.717) is 11.3 Å². The van der Waals surface area contributed by atoms with E-state index in [0.717, 1.165) is 10.9 Å². The molecule has 2 heterocycles. The van der Waals surface area contributed by atoms with Gasteiger partial charge in [-0.3, -0.25) is 24.2 Å². The van der Waals surface area contributed by atoms with Crippen molar-refractivity contribution >= 4 is 46.5 Å². The number of amides is 3. The number of aromatic nitrogens is 3. The normalized spacial score (nSPS) is 13.6. The number of aliphatic imine (C=N–C) groups is 1. The van der Waals surface area contributed by atoms with E-state index in [4.69, 9.17) is 22.3 Å². The van der Waals surface area contributed by atoms with Crippen molar-refractivity contribution in [3.8, 4) is 0 Å². The molecule has 3 amide bonds. The van der Waals surface area contributed by atoms with E-state index in [-0.39, 0.29) is 51.0 Å². The van der Waals surface area contributed by atoms with Crippen LogP contribution in [0.25, 0.3) is 10.9 Å². The third-order valence-corrected chi connectivity index (χ3v) is 6.91. The van der Waals surface area contributed by atoms with Crippen molar-refractivity contribution in [1.29, 1.82) is 0 Å². The number of carbonyl (C=O) groups is 5. The van der Waals surface area contributed by atoms with Crippen molar-refractivity contribution in [3.63, 3.8) is 0 Å². The summed E-state index contributed by atoms with van der Waals surface area (Å²) in [5, 5.41) is 27.2. The van der Waals surface area contributed by atoms with E-state index in [1.807, 2.05) is 24.3 Å². The highest BCUT2D eigenvalue weighted by molar-refractivity contribution is 5.95. The number of benzene rings is 1. The first-order valence-corrected chi connectivity index (χ1v) is 14.1. The average Bonchev–Trinajstić information content (AvgIpc) is 3.66. The van der Waals surface area contributed by atoms with Gasteiger partial charge < -0.3 is 53.3 Å². The van der Waals surface area contributed by atoms with Crippen molar-refractivity contribution in [3.05, 3.63) is 54.2 Å². The average molecular weight is 627 g/mol. The lowest BCUT2D eigenvalue weighted by Crippen LogP contribution is -2.57. The Labute approximate surface area is 257 Å². The maximum absolute atomic E-state index is 13.7. The molecule has 0 radical (unpaired) electrons. The number of aromatic amines is 2. The number of imidazole rings is 1. The first-order valence-electron chi connectivity index (χ1n) is 14.1. The highest BCUT2D eigenvalue weighted by Crippen LogP contribution is 2.19. The number of fused-ring (bicyclic) bond motifs is 1. The van der Waals surface area contributed by atoms with Gasteiger partial charge in [0.1, 0.15) is 18.1 Å². The summed E-state index contributed by atoms with van der Waals surface area (Å²) < 4.78 is 0. The number of carboxylic acids is 2. The Bertz CT molecular complexity index is 1500. The zero-order valence-corrected chi connectivity index (χ0v) is 24.4. The van der Waals surface area contributed by atoms with Gasteiger partial charge in [-0.25, -0.2) is 9.78 Å². The molecule has 0 saturated heterocycles. The van der Waals surface area contributed by atoms with Gasteiger partial charge in [0, 0.05) is 54.8 Å². The van der Waals surface area contributed by atoms with E-state index in [9.17, 15) is 29.1 Å². The summed E-state index contributed by atoms with van der Waals surface area (Å²) in [6.07, 6.45) is 4.14. The van der Waals surface area contributed by atoms with E-state index < -0.39 is 53.8 Å². The maximum Gasteiger partial charge on any atom is 0.326 e. The Kier molecular flexibility index (Phi) is 12.4. The lowest BCUT2D eigenvalue weighted by Gasteiger charge is -2.25. The number of nitrogens with one attached hydrogen (secondary N) is 5. The second kappa shape index (κ2) is 16.4. The molecule has 45 heavy (non-hydrogen) atoms. The maximum atomic E-state index is 13.7. The van der Waals surface area contributed by atoms with Gasteiger partial charge in [0.15, 0.2) is 5.96 Å². The van der Waals surface area contributed by atoms with Crippen molar-refractivity contribution in [1.82, 2.24) is 30.9 Å². The van der Waals surface area contributed by atoms with Crippen LogP contribution in [0.4, 0.5) is 0 Å². The molecule has 0 aliphatic heterocycles. The first kappa shape index (κ1) is 34.0. The Balaban J connectivity index is 1.83. The van der Waals surface area contributed by atoms with E-state index in [2.05, 4.69) is 35.9 Å². The summed E-state index contributed by atoms with van der Waals surface area (Å²) in [6, 6.07) is 2.29. The van der Waals surface area contributed by atoms with Crippen molar-refractivity contribution in [2.75, 3.05) is 6.54 Å². The number of H-pyrrole nitrogens is 2. The fourth-order valence-electron chi connectivity index (χ4n) is 4.55. The van der Waals surface area contributed by atoms with Crippen LogP contribution < -0.4 is 33.2 Å². The Morgan fingerprint density at radius 2 is 1.58 bits per heavy atom. The molecule has 0 aliphatic rings. The van der Waals surface area contributed by atoms with Crippen LogP contribution in [0.2, 0.25) is 0 Å². The summed E-state index contributed by atoms with van der Waals surface area (Å²) in [5.74, 6) is -4.88. The molecular formula is C28H38N10O7. The van der Waals surface area contributed by atoms with Crippen molar-refractivity contribution in [2.24, 2.45) is 22.2 Å². The summed E-state index contributed by atoms with van der Waals surface area (Å²) in [7, 11) is 0. The number of para-hydroxylation sites is 1. The van der Waals surface area contributed by atoms with E-state index in [1.54, 1.807) is 6.20 Å². The molecule has 17 heteroatoms. The fourth-order valence-corrected chi connectivity index (χ4v) is 4.55. The SMILES string of the molecule is NC(N)=NCCCC(NC(=O)C(Cc1c[nH]c2ccccc12)NC(=O)C(N)CCC(=O)O)C(=O)NC(Cc1cnc[nH]1)C(=O)O. The number of aliphatic carboxylic acids is 2. The van der Waals surface area contributed by atoms with Crippen LogP contribution in [0.15, 0.2) is 48.0 Å². The smallest absolute Gasteiger partial charge is 0.326 e. The van der Waals surface area contributed by atoms with Gasteiger partial charge >= 0.3 is 11.9 Å². The minimum atomic E-state index is -1.34. The predicted octanol–water partition coefficient (Wildman–Crippen LogP) is -1.54. The molecule has 0 aliphatic carbocycles. The van der Waals surface area contributed by atoms with Crippen LogP contribution in [0.1, 0.15) is 36.9 Å². The molecular weight excluding hydrogens is 588 g/mol. The van der Waals surface area contributed by atoms with Crippen LogP contribution in [-0.2, 0) is 36.8 Å². The van der Waals surface area contributed by atoms with Crippen LogP contribution in [0, 0.1) is 0 Å². The number of hydrogen-bond donors (Lipinski definition) is 10. The number of nitrogens with zero attached hydrogens (tertiary/aromatic N) is 2. The second-order valence-corrected chi connectivity index (χ2v) is 10.4. The Morgan fingerprint density at radius 1 is 0.889 bits per heavy atom. The minimum Gasteiger partial charge on any atom is -0.481 e. The molecule has 0 saturated carbocycles. The second-order valence-electron chi connectivity index (χ2n) is 10.4. The molecule has 13 N–H and O–H groups in total. The summed E-state index contributed by atoms with van der Waals surface area (Å²) in [4.78, 5) is 76.5. The van der Waals surface area contributed by atoms with E-state index >= 15 is 0 Å². The number of rotatable bonds is 18. The molecule has 1 aromatic carbocycles. The largest absolute Gasteiger partial charge is 0.481 e. The minimum absolute atomic E-state index is 0.00679. The number of nitrogens with two attached hydrogens (primary N) is 3. The number of guanidine groups is 1. The first-order chi connectivity index (χ1) is 21.4.